The first kappa shape index (κ1) is 27.1. The van der Waals surface area contributed by atoms with Crippen molar-refractivity contribution in [3.8, 4) is 5.75 Å². The van der Waals surface area contributed by atoms with Crippen LogP contribution in [0.15, 0.2) is 60.7 Å². The van der Waals surface area contributed by atoms with Gasteiger partial charge < -0.3 is 15.4 Å². The molecule has 0 saturated carbocycles. The molecular weight excluding hydrogens is 538 g/mol. The van der Waals surface area contributed by atoms with Crippen LogP contribution in [0.2, 0.25) is 20.1 Å². The Morgan fingerprint density at radius 2 is 1.64 bits per heavy atom. The Bertz CT molecular complexity index is 1200. The number of piperidine rings is 1. The molecule has 3 aromatic rings. The fourth-order valence-electron chi connectivity index (χ4n) is 4.66. The van der Waals surface area contributed by atoms with Crippen LogP contribution < -0.4 is 10.5 Å². The first-order valence-electron chi connectivity index (χ1n) is 12.0. The molecular formula is C28H28Cl4N2O2. The van der Waals surface area contributed by atoms with Crippen LogP contribution in [-0.4, -0.2) is 36.5 Å². The van der Waals surface area contributed by atoms with E-state index in [0.717, 1.165) is 50.2 Å². The number of benzene rings is 3. The van der Waals surface area contributed by atoms with E-state index < -0.39 is 5.91 Å². The van der Waals surface area contributed by atoms with Gasteiger partial charge in [0.1, 0.15) is 11.9 Å². The summed E-state index contributed by atoms with van der Waals surface area (Å²) in [6.45, 7) is 2.82. The molecule has 0 spiro atoms. The highest BCUT2D eigenvalue weighted by Crippen LogP contribution is 2.36. The first-order valence-corrected chi connectivity index (χ1v) is 13.5. The molecule has 36 heavy (non-hydrogen) atoms. The molecule has 3 aromatic carbocycles. The molecule has 8 heteroatoms. The van der Waals surface area contributed by atoms with Crippen LogP contribution in [0.1, 0.15) is 46.7 Å². The summed E-state index contributed by atoms with van der Waals surface area (Å²) in [6, 6.07) is 18.9. The fourth-order valence-corrected chi connectivity index (χ4v) is 5.58. The number of hydrogen-bond acceptors (Lipinski definition) is 3. The number of primary amides is 1. The molecule has 1 fully saturated rings. The highest BCUT2D eigenvalue weighted by atomic mass is 35.5. The lowest BCUT2D eigenvalue weighted by molar-refractivity contribution is 0.0986. The number of carbonyl (C=O) groups is 1. The number of amides is 1. The topological polar surface area (TPSA) is 55.6 Å². The van der Waals surface area contributed by atoms with Crippen molar-refractivity contribution in [2.45, 2.75) is 37.7 Å². The van der Waals surface area contributed by atoms with Crippen LogP contribution in [0.5, 0.6) is 5.75 Å². The van der Waals surface area contributed by atoms with Gasteiger partial charge in [-0.05, 0) is 85.7 Å². The minimum atomic E-state index is -0.579. The van der Waals surface area contributed by atoms with Crippen molar-refractivity contribution in [2.75, 3.05) is 19.6 Å². The predicted molar refractivity (Wildman–Crippen MR) is 149 cm³/mol. The van der Waals surface area contributed by atoms with Crippen molar-refractivity contribution in [3.63, 3.8) is 0 Å². The summed E-state index contributed by atoms with van der Waals surface area (Å²) in [4.78, 5) is 14.3. The van der Waals surface area contributed by atoms with Crippen LogP contribution in [-0.2, 0) is 6.42 Å². The van der Waals surface area contributed by atoms with Gasteiger partial charge in [0, 0.05) is 18.1 Å². The normalized spacial score (nSPS) is 15.6. The number of halogens is 4. The number of para-hydroxylation sites is 1. The van der Waals surface area contributed by atoms with E-state index >= 15 is 0 Å². The van der Waals surface area contributed by atoms with Gasteiger partial charge in [-0.3, -0.25) is 4.79 Å². The zero-order valence-electron chi connectivity index (χ0n) is 19.7. The van der Waals surface area contributed by atoms with E-state index in [1.54, 1.807) is 12.1 Å². The number of likely N-dealkylation sites (tertiary alicyclic amines) is 1. The second kappa shape index (κ2) is 12.5. The van der Waals surface area contributed by atoms with E-state index in [0.29, 0.717) is 32.1 Å². The quantitative estimate of drug-likeness (QED) is 0.290. The summed E-state index contributed by atoms with van der Waals surface area (Å²) in [7, 11) is 0. The maximum Gasteiger partial charge on any atom is 0.250 e. The summed E-state index contributed by atoms with van der Waals surface area (Å²) in [6.07, 6.45) is 3.58. The van der Waals surface area contributed by atoms with Crippen molar-refractivity contribution in [1.82, 2.24) is 4.90 Å². The van der Waals surface area contributed by atoms with Gasteiger partial charge in [0.25, 0.3) is 0 Å². The summed E-state index contributed by atoms with van der Waals surface area (Å²) in [5.41, 5.74) is 7.53. The number of nitrogens with two attached hydrogens (primary N) is 1. The smallest absolute Gasteiger partial charge is 0.250 e. The summed E-state index contributed by atoms with van der Waals surface area (Å²) in [5.74, 6) is 0.406. The van der Waals surface area contributed by atoms with Crippen molar-refractivity contribution in [2.24, 2.45) is 5.73 Å². The van der Waals surface area contributed by atoms with Crippen LogP contribution in [0.4, 0.5) is 0 Å². The monoisotopic (exact) mass is 564 g/mol. The minimum absolute atomic E-state index is 0.0659. The zero-order valence-corrected chi connectivity index (χ0v) is 22.8. The van der Waals surface area contributed by atoms with Crippen molar-refractivity contribution < 1.29 is 9.53 Å². The number of hydrogen-bond donors (Lipinski definition) is 1. The van der Waals surface area contributed by atoms with Gasteiger partial charge in [-0.1, -0.05) is 70.7 Å². The lowest BCUT2D eigenvalue weighted by atomic mass is 9.88. The number of ether oxygens (including phenoxy) is 1. The van der Waals surface area contributed by atoms with E-state index in [1.807, 2.05) is 48.5 Å². The van der Waals surface area contributed by atoms with Crippen molar-refractivity contribution in [3.05, 3.63) is 97.4 Å². The zero-order chi connectivity index (χ0) is 25.7. The third-order valence-electron chi connectivity index (χ3n) is 6.69. The van der Waals surface area contributed by atoms with E-state index in [9.17, 15) is 4.79 Å². The Kier molecular flexibility index (Phi) is 9.43. The lowest BCUT2D eigenvalue weighted by Crippen LogP contribution is -2.39. The maximum atomic E-state index is 11.8. The Labute approximate surface area is 232 Å². The molecule has 1 atom stereocenters. The van der Waals surface area contributed by atoms with Crippen LogP contribution in [0.25, 0.3) is 0 Å². The molecule has 0 radical (unpaired) electrons. The summed E-state index contributed by atoms with van der Waals surface area (Å²) < 4.78 is 6.14. The maximum absolute atomic E-state index is 11.8. The number of nitrogens with zero attached hydrogens (tertiary/aromatic N) is 1. The van der Waals surface area contributed by atoms with Gasteiger partial charge in [-0.15, -0.1) is 0 Å². The largest absolute Gasteiger partial charge is 0.490 e. The molecule has 0 bridgehead atoms. The van der Waals surface area contributed by atoms with E-state index in [-0.39, 0.29) is 17.6 Å². The Balaban J connectivity index is 1.46. The average molecular weight is 566 g/mol. The van der Waals surface area contributed by atoms with E-state index in [1.165, 1.54) is 0 Å². The van der Waals surface area contributed by atoms with Gasteiger partial charge in [0.2, 0.25) is 5.91 Å². The predicted octanol–water partition coefficient (Wildman–Crippen LogP) is 7.66. The summed E-state index contributed by atoms with van der Waals surface area (Å²) >= 11 is 25.6. The SMILES string of the molecule is NC(=O)c1ccc(Cl)c(CC(CCN2CCC(Oc3ccccc3)CC2)c2ccc(Cl)c(Cl)c2)c1Cl. The fraction of sp³-hybridized carbons (Fsp3) is 0.321. The van der Waals surface area contributed by atoms with E-state index in [2.05, 4.69) is 4.90 Å². The van der Waals surface area contributed by atoms with Gasteiger partial charge in [0.15, 0.2) is 0 Å². The minimum Gasteiger partial charge on any atom is -0.490 e. The molecule has 1 unspecified atom stereocenters. The van der Waals surface area contributed by atoms with Crippen molar-refractivity contribution >= 4 is 52.3 Å². The van der Waals surface area contributed by atoms with Crippen LogP contribution in [0.3, 0.4) is 0 Å². The second-order valence-corrected chi connectivity index (χ2v) is 10.7. The third kappa shape index (κ3) is 6.87. The third-order valence-corrected chi connectivity index (χ3v) is 8.22. The summed E-state index contributed by atoms with van der Waals surface area (Å²) in [5, 5.41) is 1.82. The van der Waals surface area contributed by atoms with Crippen LogP contribution >= 0.6 is 46.4 Å². The molecule has 0 aromatic heterocycles. The highest BCUT2D eigenvalue weighted by molar-refractivity contribution is 6.42. The molecule has 1 saturated heterocycles. The van der Waals surface area contributed by atoms with Crippen molar-refractivity contribution in [1.29, 1.82) is 0 Å². The molecule has 1 amide bonds. The van der Waals surface area contributed by atoms with Gasteiger partial charge >= 0.3 is 0 Å². The first-order chi connectivity index (χ1) is 17.3. The molecule has 1 aliphatic rings. The Hall–Kier alpha value is -1.95. The molecule has 1 heterocycles. The molecule has 2 N–H and O–H groups in total. The standard InChI is InChI=1S/C28H28Cl4N2O2/c29-24-9-7-22(28(33)35)27(32)23(24)16-19(18-6-8-25(30)26(31)17-18)10-13-34-14-11-21(12-15-34)36-20-4-2-1-3-5-20/h1-9,17,19,21H,10-16H2,(H2,33,35). The molecule has 1 aliphatic heterocycles. The highest BCUT2D eigenvalue weighted by Gasteiger charge is 2.24. The molecule has 4 rings (SSSR count). The average Bonchev–Trinajstić information content (AvgIpc) is 2.86. The molecule has 190 valence electrons. The number of carbonyl (C=O) groups excluding carboxylic acids is 1. The van der Waals surface area contributed by atoms with Gasteiger partial charge in [0.05, 0.1) is 20.6 Å². The van der Waals surface area contributed by atoms with Gasteiger partial charge in [-0.2, -0.15) is 0 Å². The Morgan fingerprint density at radius 3 is 2.31 bits per heavy atom. The Morgan fingerprint density at radius 1 is 0.944 bits per heavy atom. The molecule has 4 nitrogen and oxygen atoms in total. The second-order valence-electron chi connectivity index (χ2n) is 9.09. The molecule has 0 aliphatic carbocycles. The van der Waals surface area contributed by atoms with E-state index in [4.69, 9.17) is 56.9 Å². The van der Waals surface area contributed by atoms with Gasteiger partial charge in [-0.25, -0.2) is 0 Å². The number of rotatable bonds is 9. The van der Waals surface area contributed by atoms with Crippen LogP contribution in [0, 0.1) is 0 Å². The lowest BCUT2D eigenvalue weighted by Gasteiger charge is -2.33.